The van der Waals surface area contributed by atoms with Crippen molar-refractivity contribution in [1.82, 2.24) is 5.01 Å². The first kappa shape index (κ1) is 10.3. The summed E-state index contributed by atoms with van der Waals surface area (Å²) >= 11 is 0. The molecule has 0 fully saturated rings. The topological polar surface area (TPSA) is 29.3 Å². The Kier molecular flexibility index (Phi) is 3.55. The summed E-state index contributed by atoms with van der Waals surface area (Å²) in [5, 5.41) is 1.86. The van der Waals surface area contributed by atoms with Crippen LogP contribution in [0.1, 0.15) is 39.5 Å². The van der Waals surface area contributed by atoms with E-state index in [-0.39, 0.29) is 5.54 Å². The van der Waals surface area contributed by atoms with Crippen molar-refractivity contribution in [3.05, 3.63) is 24.4 Å². The van der Waals surface area contributed by atoms with Crippen LogP contribution in [0.2, 0.25) is 0 Å². The van der Waals surface area contributed by atoms with E-state index in [1.165, 1.54) is 12.8 Å². The average molecular weight is 180 g/mol. The van der Waals surface area contributed by atoms with Gasteiger partial charge in [0.05, 0.1) is 5.54 Å². The summed E-state index contributed by atoms with van der Waals surface area (Å²) in [6.45, 7) is 4.41. The highest BCUT2D eigenvalue weighted by Gasteiger charge is 2.29. The molecule has 0 aromatic heterocycles. The van der Waals surface area contributed by atoms with E-state index >= 15 is 0 Å². The van der Waals surface area contributed by atoms with E-state index in [9.17, 15) is 0 Å². The van der Waals surface area contributed by atoms with Crippen LogP contribution in [0.25, 0.3) is 0 Å². The number of rotatable bonds is 4. The number of nitrogens with zero attached hydrogens (tertiary/aromatic N) is 1. The summed E-state index contributed by atoms with van der Waals surface area (Å²) in [5.74, 6) is 5.98. The standard InChI is InChI=1S/C11H20N2/c1-3-7-11(8-4-2)9-5-6-10-13(11)12/h5-6,9-10H,3-4,7-8,12H2,1-2H3. The lowest BCUT2D eigenvalue weighted by atomic mass is 9.86. The lowest BCUT2D eigenvalue weighted by molar-refractivity contribution is 0.168. The minimum atomic E-state index is 0.0816. The summed E-state index contributed by atoms with van der Waals surface area (Å²) in [5.41, 5.74) is 0.0816. The molecule has 0 spiro atoms. The minimum Gasteiger partial charge on any atom is -0.308 e. The highest BCUT2D eigenvalue weighted by atomic mass is 15.4. The molecule has 0 amide bonds. The molecule has 0 saturated heterocycles. The van der Waals surface area contributed by atoms with Gasteiger partial charge in [-0.3, -0.25) is 0 Å². The Morgan fingerprint density at radius 2 is 1.77 bits per heavy atom. The smallest absolute Gasteiger partial charge is 0.0736 e. The van der Waals surface area contributed by atoms with Crippen LogP contribution in [0.15, 0.2) is 24.4 Å². The molecule has 2 nitrogen and oxygen atoms in total. The fourth-order valence-corrected chi connectivity index (χ4v) is 2.03. The fraction of sp³-hybridized carbons (Fsp3) is 0.636. The molecule has 0 bridgehead atoms. The van der Waals surface area contributed by atoms with E-state index in [1.54, 1.807) is 0 Å². The predicted molar refractivity (Wildman–Crippen MR) is 56.9 cm³/mol. The molecule has 1 aliphatic heterocycles. The normalized spacial score (nSPS) is 19.5. The van der Waals surface area contributed by atoms with E-state index in [2.05, 4.69) is 26.0 Å². The van der Waals surface area contributed by atoms with Gasteiger partial charge in [0, 0.05) is 6.20 Å². The van der Waals surface area contributed by atoms with Crippen LogP contribution in [0, 0.1) is 0 Å². The maximum absolute atomic E-state index is 5.98. The zero-order valence-corrected chi connectivity index (χ0v) is 8.66. The molecule has 74 valence electrons. The first-order chi connectivity index (χ1) is 6.25. The molecule has 13 heavy (non-hydrogen) atoms. The maximum atomic E-state index is 5.98. The van der Waals surface area contributed by atoms with Gasteiger partial charge in [-0.2, -0.15) is 0 Å². The summed E-state index contributed by atoms with van der Waals surface area (Å²) < 4.78 is 0. The van der Waals surface area contributed by atoms with Gasteiger partial charge in [0.25, 0.3) is 0 Å². The van der Waals surface area contributed by atoms with Gasteiger partial charge in [0.15, 0.2) is 0 Å². The van der Waals surface area contributed by atoms with Gasteiger partial charge in [-0.1, -0.05) is 38.8 Å². The zero-order valence-electron chi connectivity index (χ0n) is 8.66. The van der Waals surface area contributed by atoms with Gasteiger partial charge in [0.2, 0.25) is 0 Å². The summed E-state index contributed by atoms with van der Waals surface area (Å²) in [4.78, 5) is 0. The largest absolute Gasteiger partial charge is 0.308 e. The molecular weight excluding hydrogens is 160 g/mol. The number of nitrogens with two attached hydrogens (primary N) is 1. The molecule has 0 aliphatic carbocycles. The van der Waals surface area contributed by atoms with Crippen LogP contribution >= 0.6 is 0 Å². The van der Waals surface area contributed by atoms with Crippen molar-refractivity contribution in [3.63, 3.8) is 0 Å². The van der Waals surface area contributed by atoms with Crippen molar-refractivity contribution in [2.45, 2.75) is 45.1 Å². The number of hydrazine groups is 1. The third kappa shape index (κ3) is 2.13. The molecule has 2 heteroatoms. The molecule has 0 radical (unpaired) electrons. The highest BCUT2D eigenvalue weighted by Crippen LogP contribution is 2.28. The van der Waals surface area contributed by atoms with Crippen molar-refractivity contribution >= 4 is 0 Å². The Hall–Kier alpha value is -0.760. The Morgan fingerprint density at radius 3 is 2.23 bits per heavy atom. The maximum Gasteiger partial charge on any atom is 0.0736 e. The SMILES string of the molecule is CCCC1(CCC)C=CC=CN1N. The Bertz CT molecular complexity index is 200. The lowest BCUT2D eigenvalue weighted by Gasteiger charge is -2.40. The van der Waals surface area contributed by atoms with Crippen LogP contribution in [-0.4, -0.2) is 10.5 Å². The number of hydrogen-bond acceptors (Lipinski definition) is 2. The second-order valence-corrected chi connectivity index (χ2v) is 3.71. The van der Waals surface area contributed by atoms with Crippen molar-refractivity contribution in [2.75, 3.05) is 0 Å². The van der Waals surface area contributed by atoms with Gasteiger partial charge in [-0.15, -0.1) is 0 Å². The second kappa shape index (κ2) is 4.47. The van der Waals surface area contributed by atoms with E-state index in [1.807, 2.05) is 17.3 Å². The third-order valence-electron chi connectivity index (χ3n) is 2.64. The van der Waals surface area contributed by atoms with Crippen molar-refractivity contribution < 1.29 is 0 Å². The van der Waals surface area contributed by atoms with Gasteiger partial charge < -0.3 is 5.01 Å². The fourth-order valence-electron chi connectivity index (χ4n) is 2.03. The van der Waals surface area contributed by atoms with E-state index < -0.39 is 0 Å². The van der Waals surface area contributed by atoms with Crippen LogP contribution in [0.4, 0.5) is 0 Å². The van der Waals surface area contributed by atoms with Crippen LogP contribution in [0.5, 0.6) is 0 Å². The average Bonchev–Trinajstić information content (AvgIpc) is 2.11. The van der Waals surface area contributed by atoms with Crippen LogP contribution in [-0.2, 0) is 0 Å². The van der Waals surface area contributed by atoms with Crippen LogP contribution in [0.3, 0.4) is 0 Å². The second-order valence-electron chi connectivity index (χ2n) is 3.71. The molecule has 0 unspecified atom stereocenters. The summed E-state index contributed by atoms with van der Waals surface area (Å²) in [6, 6.07) is 0. The lowest BCUT2D eigenvalue weighted by Crippen LogP contribution is -2.49. The van der Waals surface area contributed by atoms with Crippen molar-refractivity contribution in [2.24, 2.45) is 5.84 Å². The molecular formula is C11H20N2. The van der Waals surface area contributed by atoms with Crippen molar-refractivity contribution in [3.8, 4) is 0 Å². The van der Waals surface area contributed by atoms with Gasteiger partial charge >= 0.3 is 0 Å². The number of hydrogen-bond donors (Lipinski definition) is 1. The van der Waals surface area contributed by atoms with Gasteiger partial charge in [0.1, 0.15) is 0 Å². The molecule has 1 heterocycles. The third-order valence-corrected chi connectivity index (χ3v) is 2.64. The van der Waals surface area contributed by atoms with Gasteiger partial charge in [-0.05, 0) is 18.9 Å². The van der Waals surface area contributed by atoms with Crippen molar-refractivity contribution in [1.29, 1.82) is 0 Å². The highest BCUT2D eigenvalue weighted by molar-refractivity contribution is 5.19. The van der Waals surface area contributed by atoms with E-state index in [4.69, 9.17) is 5.84 Å². The summed E-state index contributed by atoms with van der Waals surface area (Å²) in [7, 11) is 0. The Balaban J connectivity index is 2.75. The Morgan fingerprint density at radius 1 is 1.15 bits per heavy atom. The van der Waals surface area contributed by atoms with E-state index in [0.717, 1.165) is 12.8 Å². The molecule has 2 N–H and O–H groups in total. The summed E-state index contributed by atoms with van der Waals surface area (Å²) in [6.07, 6.45) is 12.9. The molecule has 0 aromatic carbocycles. The molecule has 0 aromatic rings. The Labute approximate surface area is 81.1 Å². The first-order valence-electron chi connectivity index (χ1n) is 5.15. The van der Waals surface area contributed by atoms with Gasteiger partial charge in [-0.25, -0.2) is 5.84 Å². The first-order valence-corrected chi connectivity index (χ1v) is 5.15. The zero-order chi connectivity index (χ0) is 9.73. The minimum absolute atomic E-state index is 0.0816. The quantitative estimate of drug-likeness (QED) is 0.674. The molecule has 0 atom stereocenters. The number of allylic oxidation sites excluding steroid dienone is 2. The monoisotopic (exact) mass is 180 g/mol. The van der Waals surface area contributed by atoms with E-state index in [0.29, 0.717) is 0 Å². The predicted octanol–water partition coefficient (Wildman–Crippen LogP) is 2.58. The van der Waals surface area contributed by atoms with Crippen LogP contribution < -0.4 is 5.84 Å². The molecule has 1 aliphatic rings. The molecule has 0 saturated carbocycles. The molecule has 1 rings (SSSR count).